The molecule has 7 nitrogen and oxygen atoms in total. The Bertz CT molecular complexity index is 1650. The lowest BCUT2D eigenvalue weighted by Crippen LogP contribution is -2.43. The molecule has 0 spiro atoms. The summed E-state index contributed by atoms with van der Waals surface area (Å²) in [6.45, 7) is 19.0. The number of unbranched alkanes of at least 4 members (excludes halogenated alkanes) is 9. The highest BCUT2D eigenvalue weighted by molar-refractivity contribution is 7.00. The van der Waals surface area contributed by atoms with Crippen LogP contribution in [0.25, 0.3) is 44.3 Å². The second-order valence-corrected chi connectivity index (χ2v) is 16.0. The molecule has 2 heterocycles. The zero-order valence-electron chi connectivity index (χ0n) is 34.6. The summed E-state index contributed by atoms with van der Waals surface area (Å²) in [4.78, 5) is 7.16. The molecule has 0 aliphatic rings. The molecule has 0 aliphatic carbocycles. The summed E-state index contributed by atoms with van der Waals surface area (Å²) in [5.41, 5.74) is 10.7. The first-order chi connectivity index (χ1) is 26.6. The number of nitrogens with zero attached hydrogens (tertiary/aromatic N) is 7. The molecule has 0 bridgehead atoms. The third kappa shape index (κ3) is 10.8. The number of aromatic nitrogens is 5. The van der Waals surface area contributed by atoms with Crippen molar-refractivity contribution in [3.63, 3.8) is 0 Å². The molecule has 294 valence electrons. The first kappa shape index (κ1) is 41.6. The lowest BCUT2D eigenvalue weighted by molar-refractivity contribution is -0.809. The van der Waals surface area contributed by atoms with Crippen molar-refractivity contribution in [3.8, 4) is 22.3 Å². The summed E-state index contributed by atoms with van der Waals surface area (Å²) in [6.07, 6.45) is 19.7. The van der Waals surface area contributed by atoms with Crippen LogP contribution in [-0.4, -0.2) is 40.0 Å². The van der Waals surface area contributed by atoms with Gasteiger partial charge in [0.05, 0.1) is 11.7 Å². The maximum atomic E-state index is 5.31. The van der Waals surface area contributed by atoms with E-state index in [1.54, 1.807) is 0 Å². The predicted molar refractivity (Wildman–Crippen MR) is 233 cm³/mol. The highest BCUT2D eigenvalue weighted by Crippen LogP contribution is 2.41. The van der Waals surface area contributed by atoms with Crippen LogP contribution in [0.4, 0.5) is 11.4 Å². The van der Waals surface area contributed by atoms with Crippen LogP contribution < -0.4 is 19.7 Å². The van der Waals surface area contributed by atoms with Gasteiger partial charge < -0.3 is 9.80 Å². The van der Waals surface area contributed by atoms with Gasteiger partial charge in [-0.3, -0.25) is 0 Å². The Morgan fingerprint density at radius 3 is 1.44 bits per heavy atom. The molecule has 8 heteroatoms. The van der Waals surface area contributed by atoms with Gasteiger partial charge in [0.1, 0.15) is 11.0 Å². The van der Waals surface area contributed by atoms with Crippen LogP contribution >= 0.6 is 11.7 Å². The van der Waals surface area contributed by atoms with Gasteiger partial charge in [-0.25, -0.2) is 0 Å². The number of rotatable bonds is 26. The molecule has 5 aromatic rings. The lowest BCUT2D eigenvalue weighted by Gasteiger charge is -2.25. The maximum Gasteiger partial charge on any atom is 0.165 e. The van der Waals surface area contributed by atoms with Crippen LogP contribution in [0.15, 0.2) is 48.5 Å². The predicted octanol–water partition coefficient (Wildman–Crippen LogP) is 12.4. The largest absolute Gasteiger partial charge is 0.372 e. The van der Waals surface area contributed by atoms with Gasteiger partial charge >= 0.3 is 0 Å². The molecular weight excluding hydrogens is 683 g/mol. The number of anilines is 2. The zero-order chi connectivity index (χ0) is 38.1. The fraction of sp³-hybridized carbons (Fsp3) is 0.609. The Labute approximate surface area is 331 Å². The lowest BCUT2D eigenvalue weighted by atomic mass is 9.95. The summed E-state index contributed by atoms with van der Waals surface area (Å²) >= 11 is 1.29. The smallest absolute Gasteiger partial charge is 0.165 e. The molecule has 1 unspecified atom stereocenters. The third-order valence-corrected chi connectivity index (χ3v) is 11.8. The van der Waals surface area contributed by atoms with E-state index in [2.05, 4.69) is 99.9 Å². The minimum Gasteiger partial charge on any atom is -0.372 e. The number of hydrogen-bond donors (Lipinski definition) is 0. The highest BCUT2D eigenvalue weighted by atomic mass is 32.1. The molecule has 0 saturated heterocycles. The monoisotopic (exact) mass is 752 g/mol. The summed E-state index contributed by atoms with van der Waals surface area (Å²) in [6, 6.07) is 18.4. The van der Waals surface area contributed by atoms with Gasteiger partial charge in [0, 0.05) is 65.6 Å². The van der Waals surface area contributed by atoms with Crippen LogP contribution in [0, 0.1) is 5.92 Å². The quantitative estimate of drug-likeness (QED) is 0.0414. The fourth-order valence-corrected chi connectivity index (χ4v) is 8.39. The van der Waals surface area contributed by atoms with Crippen LogP contribution in [0.1, 0.15) is 144 Å². The molecule has 54 heavy (non-hydrogen) atoms. The molecule has 0 saturated carbocycles. The molecule has 0 aliphatic heterocycles. The zero-order valence-corrected chi connectivity index (χ0v) is 35.4. The van der Waals surface area contributed by atoms with Crippen molar-refractivity contribution in [3.05, 3.63) is 48.5 Å². The molecule has 2 aromatic heterocycles. The van der Waals surface area contributed by atoms with E-state index in [4.69, 9.17) is 18.9 Å². The molecule has 1 atom stereocenters. The van der Waals surface area contributed by atoms with Gasteiger partial charge in [-0.15, -0.1) is 0 Å². The summed E-state index contributed by atoms with van der Waals surface area (Å²) in [5.74, 6) is 0.548. The summed E-state index contributed by atoms with van der Waals surface area (Å²) < 4.78 is 9.96. The van der Waals surface area contributed by atoms with E-state index < -0.39 is 0 Å². The van der Waals surface area contributed by atoms with Gasteiger partial charge in [0.15, 0.2) is 6.54 Å². The van der Waals surface area contributed by atoms with Gasteiger partial charge in [0.2, 0.25) is 0 Å². The average Bonchev–Trinajstić information content (AvgIpc) is 3.85. The Kier molecular flexibility index (Phi) is 17.1. The minimum atomic E-state index is 0.548. The van der Waals surface area contributed by atoms with E-state index in [1.165, 1.54) is 119 Å². The van der Waals surface area contributed by atoms with E-state index in [1.807, 2.05) is 4.80 Å². The van der Waals surface area contributed by atoms with E-state index in [-0.39, 0.29) is 0 Å². The molecular formula is C46H69N7S. The Morgan fingerprint density at radius 1 is 0.556 bits per heavy atom. The van der Waals surface area contributed by atoms with Crippen LogP contribution in [0.5, 0.6) is 0 Å². The molecule has 3 aromatic carbocycles. The van der Waals surface area contributed by atoms with Crippen molar-refractivity contribution in [1.29, 1.82) is 0 Å². The first-order valence-corrected chi connectivity index (χ1v) is 22.5. The molecule has 0 N–H and O–H groups in total. The van der Waals surface area contributed by atoms with Crippen LogP contribution in [-0.2, 0) is 6.54 Å². The second-order valence-electron chi connectivity index (χ2n) is 15.5. The Morgan fingerprint density at radius 2 is 1.00 bits per heavy atom. The molecule has 0 radical (unpaired) electrons. The van der Waals surface area contributed by atoms with Gasteiger partial charge in [-0.2, -0.15) is 23.7 Å². The van der Waals surface area contributed by atoms with E-state index in [0.717, 1.165) is 83.5 Å². The molecule has 0 amide bonds. The van der Waals surface area contributed by atoms with Crippen LogP contribution in [0.3, 0.4) is 0 Å². The van der Waals surface area contributed by atoms with Gasteiger partial charge in [0.25, 0.3) is 0 Å². The van der Waals surface area contributed by atoms with Crippen molar-refractivity contribution in [2.75, 3.05) is 36.0 Å². The second kappa shape index (κ2) is 22.1. The SMILES string of the molecule is CCCCCN(CCCCC)c1ccc(-c2c3nsnc3c(-c3ccc(N(CCCCC)CCCCC)cc3)c3[n-][n+](CC(CC)CCCC)nc23)cc1. The van der Waals surface area contributed by atoms with Crippen molar-refractivity contribution < 1.29 is 4.80 Å². The van der Waals surface area contributed by atoms with Crippen molar-refractivity contribution in [2.24, 2.45) is 5.92 Å². The standard InChI is InChI=1S/C46H69N7S/c1-7-13-18-31-51(32-19-14-8-2)39-27-23-37(24-28-39)41-43-44(48-53(47-43)35-36(12-6)22-17-11-5)42(46-45(41)49-54-50-46)38-25-29-40(30-26-38)52(33-20-15-9-3)34-21-16-10-4/h23-30,36H,7-22,31-35H2,1-6H3. The summed E-state index contributed by atoms with van der Waals surface area (Å²) in [5, 5.41) is 10.6. The van der Waals surface area contributed by atoms with E-state index in [9.17, 15) is 0 Å². The number of hydrogen-bond acceptors (Lipinski definition) is 6. The Balaban J connectivity index is 1.58. The minimum absolute atomic E-state index is 0.548. The maximum absolute atomic E-state index is 5.31. The van der Waals surface area contributed by atoms with Gasteiger partial charge in [-0.1, -0.05) is 130 Å². The van der Waals surface area contributed by atoms with Crippen molar-refractivity contribution >= 4 is 45.2 Å². The summed E-state index contributed by atoms with van der Waals surface area (Å²) in [7, 11) is 0. The molecule has 5 rings (SSSR count). The van der Waals surface area contributed by atoms with Crippen LogP contribution in [0.2, 0.25) is 0 Å². The third-order valence-electron chi connectivity index (χ3n) is 11.2. The van der Waals surface area contributed by atoms with E-state index >= 15 is 0 Å². The first-order valence-electron chi connectivity index (χ1n) is 21.8. The van der Waals surface area contributed by atoms with Crippen molar-refractivity contribution in [1.82, 2.24) is 18.9 Å². The molecule has 0 fully saturated rings. The highest BCUT2D eigenvalue weighted by Gasteiger charge is 2.23. The average molecular weight is 752 g/mol. The Hall–Kier alpha value is -3.52. The fourth-order valence-electron chi connectivity index (χ4n) is 7.83. The normalized spacial score (nSPS) is 12.3. The topological polar surface area (TPSA) is 63.1 Å². The van der Waals surface area contributed by atoms with Crippen molar-refractivity contribution in [2.45, 2.75) is 151 Å². The number of fused-ring (bicyclic) bond motifs is 2. The van der Waals surface area contributed by atoms with Gasteiger partial charge in [-0.05, 0) is 73.9 Å². The number of benzene rings is 3. The van der Waals surface area contributed by atoms with E-state index in [0.29, 0.717) is 5.92 Å².